The Morgan fingerprint density at radius 3 is 1.68 bits per heavy atom. The predicted molar refractivity (Wildman–Crippen MR) is 158 cm³/mol. The van der Waals surface area contributed by atoms with E-state index in [1.165, 1.54) is 12.7 Å². The van der Waals surface area contributed by atoms with E-state index in [-0.39, 0.29) is 5.41 Å². The number of nitrogens with zero attached hydrogens (tertiary/aromatic N) is 6. The first-order valence-electron chi connectivity index (χ1n) is 13.1. The van der Waals surface area contributed by atoms with Crippen LogP contribution in [0.15, 0.2) is 73.8 Å². The van der Waals surface area contributed by atoms with Crippen molar-refractivity contribution in [1.29, 1.82) is 0 Å². The van der Waals surface area contributed by atoms with Gasteiger partial charge < -0.3 is 10.2 Å². The number of hydrogen-bond acceptors (Lipinski definition) is 6. The van der Waals surface area contributed by atoms with E-state index < -0.39 is 16.1 Å². The average molecular weight is 606 g/mol. The first-order valence-corrected chi connectivity index (χ1v) is 14.2. The van der Waals surface area contributed by atoms with Crippen molar-refractivity contribution in [3.05, 3.63) is 95.0 Å². The molecule has 2 unspecified atom stereocenters. The maximum Gasteiger partial charge on any atom is 0.137 e. The van der Waals surface area contributed by atoms with E-state index in [1.54, 1.807) is 22.0 Å². The summed E-state index contributed by atoms with van der Waals surface area (Å²) in [6, 6.07) is 15.1. The second kappa shape index (κ2) is 12.2. The third-order valence-corrected chi connectivity index (χ3v) is 9.05. The van der Waals surface area contributed by atoms with Gasteiger partial charge in [0.25, 0.3) is 0 Å². The first kappa shape index (κ1) is 30.5. The van der Waals surface area contributed by atoms with Crippen molar-refractivity contribution in [2.75, 3.05) is 0 Å². The molecule has 1 aliphatic rings. The minimum atomic E-state index is -1.09. The molecule has 2 aromatic heterocycles. The summed E-state index contributed by atoms with van der Waals surface area (Å²) in [6.45, 7) is 6.73. The van der Waals surface area contributed by atoms with Gasteiger partial charge in [-0.25, -0.2) is 14.6 Å². The Morgan fingerprint density at radius 1 is 0.775 bits per heavy atom. The molecule has 2 heterocycles. The Hall–Kier alpha value is -2.49. The molecule has 0 radical (unpaired) electrons. The maximum atomic E-state index is 11.2. The lowest BCUT2D eigenvalue weighted by molar-refractivity contribution is -0.0730. The van der Waals surface area contributed by atoms with Crippen LogP contribution in [-0.4, -0.2) is 55.8 Å². The fraction of sp³-hybridized carbons (Fsp3) is 0.448. The van der Waals surface area contributed by atoms with Crippen molar-refractivity contribution in [1.82, 2.24) is 29.5 Å². The monoisotopic (exact) mass is 604 g/mol. The van der Waals surface area contributed by atoms with Gasteiger partial charge in [-0.3, -0.25) is 4.68 Å². The van der Waals surface area contributed by atoms with Crippen LogP contribution in [-0.2, 0) is 25.9 Å². The summed E-state index contributed by atoms with van der Waals surface area (Å²) in [5.74, 6) is 0. The highest BCUT2D eigenvalue weighted by molar-refractivity contribution is 6.31. The van der Waals surface area contributed by atoms with Gasteiger partial charge in [0, 0.05) is 22.9 Å². The molecule has 1 fully saturated rings. The molecule has 11 heteroatoms. The molecule has 2 atom stereocenters. The Balaban J connectivity index is 0.000000185. The second-order valence-electron chi connectivity index (χ2n) is 11.5. The van der Waals surface area contributed by atoms with E-state index in [0.717, 1.165) is 24.0 Å². The number of hydrogen-bond donors (Lipinski definition) is 2. The molecule has 214 valence electrons. The molecule has 2 aromatic carbocycles. The van der Waals surface area contributed by atoms with Crippen LogP contribution >= 0.6 is 34.8 Å². The van der Waals surface area contributed by atoms with Gasteiger partial charge in [0.15, 0.2) is 0 Å². The lowest BCUT2D eigenvalue weighted by Crippen LogP contribution is -2.48. The highest BCUT2D eigenvalue weighted by atomic mass is 35.5. The van der Waals surface area contributed by atoms with Crippen molar-refractivity contribution < 1.29 is 10.2 Å². The quantitative estimate of drug-likeness (QED) is 0.240. The van der Waals surface area contributed by atoms with E-state index in [9.17, 15) is 10.2 Å². The zero-order valence-electron chi connectivity index (χ0n) is 22.9. The normalized spacial score (nSPS) is 17.3. The van der Waals surface area contributed by atoms with E-state index in [1.807, 2.05) is 69.3 Å². The zero-order chi connectivity index (χ0) is 29.0. The van der Waals surface area contributed by atoms with Gasteiger partial charge in [-0.15, -0.1) is 11.6 Å². The van der Waals surface area contributed by atoms with Crippen LogP contribution in [0.25, 0.3) is 0 Å². The number of halogens is 3. The van der Waals surface area contributed by atoms with Crippen LogP contribution in [0.2, 0.25) is 10.0 Å². The van der Waals surface area contributed by atoms with Gasteiger partial charge in [-0.05, 0) is 41.5 Å². The fourth-order valence-electron chi connectivity index (χ4n) is 4.57. The largest absolute Gasteiger partial charge is 0.387 e. The van der Waals surface area contributed by atoms with Crippen molar-refractivity contribution in [2.45, 2.75) is 75.6 Å². The molecule has 5 rings (SSSR count). The van der Waals surface area contributed by atoms with Gasteiger partial charge in [0.1, 0.15) is 30.9 Å². The summed E-state index contributed by atoms with van der Waals surface area (Å²) < 4.78 is 3.27. The topological polar surface area (TPSA) is 102 Å². The van der Waals surface area contributed by atoms with Crippen LogP contribution < -0.4 is 0 Å². The minimum Gasteiger partial charge on any atom is -0.387 e. The molecule has 0 aliphatic heterocycles. The SMILES string of the molecule is CC(C)(C)C(O)(Cc1ccccc1Cl)Cn1cncn1.OC(Cc1ccccc1Cl)(Cn1cncn1)C1(Cl)CC1. The Morgan fingerprint density at radius 2 is 1.25 bits per heavy atom. The molecule has 8 nitrogen and oxygen atoms in total. The molecule has 4 aromatic rings. The highest BCUT2D eigenvalue weighted by Gasteiger charge is 2.58. The van der Waals surface area contributed by atoms with E-state index in [4.69, 9.17) is 34.8 Å². The number of benzene rings is 2. The standard InChI is InChI=1S/C15H20ClN3O.C14H15Cl2N3O/c1-14(2,3)15(20,9-19-11-17-10-18-19)8-12-6-4-5-7-13(12)16;15-12-4-2-1-3-11(12)7-14(20,13(16)5-6-13)8-19-10-17-9-18-19/h4-7,10-11,20H,8-9H2,1-3H3;1-4,9-10,20H,5-8H2. The molecular weight excluding hydrogens is 571 g/mol. The number of alkyl halides is 1. The smallest absolute Gasteiger partial charge is 0.137 e. The van der Waals surface area contributed by atoms with Crippen LogP contribution in [0.1, 0.15) is 44.7 Å². The fourth-order valence-corrected chi connectivity index (χ4v) is 5.19. The van der Waals surface area contributed by atoms with Gasteiger partial charge in [0.05, 0.1) is 23.6 Å². The lowest BCUT2D eigenvalue weighted by atomic mass is 9.73. The number of aliphatic hydroxyl groups is 2. The summed E-state index contributed by atoms with van der Waals surface area (Å²) in [7, 11) is 0. The molecule has 1 aliphatic carbocycles. The molecule has 0 saturated heterocycles. The zero-order valence-corrected chi connectivity index (χ0v) is 25.2. The third-order valence-electron chi connectivity index (χ3n) is 7.58. The summed E-state index contributed by atoms with van der Waals surface area (Å²) in [4.78, 5) is 7.23. The summed E-state index contributed by atoms with van der Waals surface area (Å²) in [6.07, 6.45) is 8.58. The Kier molecular flexibility index (Phi) is 9.27. The summed E-state index contributed by atoms with van der Waals surface area (Å²) in [5, 5.41) is 31.7. The third kappa shape index (κ3) is 7.22. The summed E-state index contributed by atoms with van der Waals surface area (Å²) in [5.41, 5.74) is -0.549. The first-order chi connectivity index (χ1) is 18.8. The molecular formula is C29H35Cl3N6O2. The van der Waals surface area contributed by atoms with E-state index in [2.05, 4.69) is 20.2 Å². The van der Waals surface area contributed by atoms with Crippen LogP contribution in [0.4, 0.5) is 0 Å². The second-order valence-corrected chi connectivity index (χ2v) is 13.0. The van der Waals surface area contributed by atoms with Gasteiger partial charge in [0.2, 0.25) is 0 Å². The van der Waals surface area contributed by atoms with Gasteiger partial charge in [-0.2, -0.15) is 10.2 Å². The average Bonchev–Trinajstić information content (AvgIpc) is 3.24. The van der Waals surface area contributed by atoms with E-state index in [0.29, 0.717) is 36.0 Å². The summed E-state index contributed by atoms with van der Waals surface area (Å²) >= 11 is 18.9. The maximum absolute atomic E-state index is 11.2. The molecule has 1 saturated carbocycles. The molecule has 2 N–H and O–H groups in total. The predicted octanol–water partition coefficient (Wildman–Crippen LogP) is 5.63. The van der Waals surface area contributed by atoms with Gasteiger partial charge >= 0.3 is 0 Å². The van der Waals surface area contributed by atoms with Crippen LogP contribution in [0.3, 0.4) is 0 Å². The van der Waals surface area contributed by atoms with Crippen molar-refractivity contribution in [2.24, 2.45) is 5.41 Å². The molecule has 0 spiro atoms. The minimum absolute atomic E-state index is 0.307. The van der Waals surface area contributed by atoms with E-state index >= 15 is 0 Å². The van der Waals surface area contributed by atoms with Crippen LogP contribution in [0.5, 0.6) is 0 Å². The Labute approximate surface area is 249 Å². The molecule has 0 bridgehead atoms. The molecule has 0 amide bonds. The lowest BCUT2D eigenvalue weighted by Gasteiger charge is -2.40. The van der Waals surface area contributed by atoms with Gasteiger partial charge in [-0.1, -0.05) is 80.4 Å². The number of rotatable bonds is 9. The molecule has 40 heavy (non-hydrogen) atoms. The Bertz CT molecular complexity index is 1280. The van der Waals surface area contributed by atoms with Crippen molar-refractivity contribution >= 4 is 34.8 Å². The van der Waals surface area contributed by atoms with Crippen LogP contribution in [0, 0.1) is 5.41 Å². The van der Waals surface area contributed by atoms with Crippen molar-refractivity contribution in [3.8, 4) is 0 Å². The number of aromatic nitrogens is 6. The van der Waals surface area contributed by atoms with Crippen molar-refractivity contribution in [3.63, 3.8) is 0 Å². The highest BCUT2D eigenvalue weighted by Crippen LogP contribution is 2.53.